The van der Waals surface area contributed by atoms with Gasteiger partial charge in [-0.25, -0.2) is 0 Å². The average molecular weight is 200 g/mol. The summed E-state index contributed by atoms with van der Waals surface area (Å²) in [6.07, 6.45) is 3.88. The maximum Gasteiger partial charge on any atom is 0.0827 e. The summed E-state index contributed by atoms with van der Waals surface area (Å²) in [5.41, 5.74) is 0. The second-order valence-corrected chi connectivity index (χ2v) is 4.65. The van der Waals surface area contributed by atoms with Crippen LogP contribution in [-0.4, -0.2) is 36.1 Å². The lowest BCUT2D eigenvalue weighted by Crippen LogP contribution is -2.27. The molecule has 0 radical (unpaired) electrons. The first-order valence-electron chi connectivity index (χ1n) is 5.62. The Balaban J connectivity index is 1.84. The summed E-state index contributed by atoms with van der Waals surface area (Å²) in [6.45, 7) is 4.65. The summed E-state index contributed by atoms with van der Waals surface area (Å²) in [6, 6.07) is 0. The molecule has 0 aromatic carbocycles. The molecule has 2 rings (SSSR count). The van der Waals surface area contributed by atoms with E-state index in [-0.39, 0.29) is 18.1 Å². The van der Waals surface area contributed by atoms with Crippen molar-refractivity contribution in [2.45, 2.75) is 57.5 Å². The standard InChI is InChI=1S/C11H20O3/c1-7-3-4-9(14-7)5-10-8(2)13-6-11(10)12/h7-12H,3-6H2,1-2H3. The van der Waals surface area contributed by atoms with E-state index in [0.717, 1.165) is 19.3 Å². The predicted octanol–water partition coefficient (Wildman–Crippen LogP) is 1.34. The van der Waals surface area contributed by atoms with Gasteiger partial charge >= 0.3 is 0 Å². The summed E-state index contributed by atoms with van der Waals surface area (Å²) in [7, 11) is 0. The van der Waals surface area contributed by atoms with Crippen LogP contribution in [0.5, 0.6) is 0 Å². The number of rotatable bonds is 2. The average Bonchev–Trinajstić information content (AvgIpc) is 2.67. The van der Waals surface area contributed by atoms with Crippen molar-refractivity contribution in [2.24, 2.45) is 5.92 Å². The molecule has 0 amide bonds. The molecule has 2 heterocycles. The van der Waals surface area contributed by atoms with Crippen LogP contribution in [0.2, 0.25) is 0 Å². The fourth-order valence-corrected chi connectivity index (χ4v) is 2.52. The Kier molecular flexibility index (Phi) is 3.10. The maximum absolute atomic E-state index is 9.71. The van der Waals surface area contributed by atoms with E-state index in [2.05, 4.69) is 6.92 Å². The van der Waals surface area contributed by atoms with Gasteiger partial charge in [-0.15, -0.1) is 0 Å². The third kappa shape index (κ3) is 2.10. The Labute approximate surface area is 85.4 Å². The molecule has 5 unspecified atom stereocenters. The van der Waals surface area contributed by atoms with Gasteiger partial charge in [0, 0.05) is 5.92 Å². The van der Waals surface area contributed by atoms with Gasteiger partial charge in [0.1, 0.15) is 0 Å². The van der Waals surface area contributed by atoms with Crippen molar-refractivity contribution < 1.29 is 14.6 Å². The van der Waals surface area contributed by atoms with Gasteiger partial charge in [0.05, 0.1) is 31.0 Å². The fourth-order valence-electron chi connectivity index (χ4n) is 2.52. The van der Waals surface area contributed by atoms with Crippen molar-refractivity contribution in [1.82, 2.24) is 0 Å². The smallest absolute Gasteiger partial charge is 0.0827 e. The van der Waals surface area contributed by atoms with Gasteiger partial charge in [0.2, 0.25) is 0 Å². The highest BCUT2D eigenvalue weighted by molar-refractivity contribution is 4.85. The van der Waals surface area contributed by atoms with Crippen LogP contribution >= 0.6 is 0 Å². The minimum absolute atomic E-state index is 0.185. The Hall–Kier alpha value is -0.120. The van der Waals surface area contributed by atoms with E-state index in [0.29, 0.717) is 18.8 Å². The van der Waals surface area contributed by atoms with E-state index in [1.807, 2.05) is 6.92 Å². The lowest BCUT2D eigenvalue weighted by atomic mass is 9.92. The van der Waals surface area contributed by atoms with Crippen molar-refractivity contribution in [3.63, 3.8) is 0 Å². The molecule has 0 spiro atoms. The number of hydrogen-bond acceptors (Lipinski definition) is 3. The largest absolute Gasteiger partial charge is 0.390 e. The zero-order valence-electron chi connectivity index (χ0n) is 8.98. The summed E-state index contributed by atoms with van der Waals surface area (Å²) < 4.78 is 11.2. The van der Waals surface area contributed by atoms with E-state index >= 15 is 0 Å². The molecule has 1 N–H and O–H groups in total. The van der Waals surface area contributed by atoms with Crippen molar-refractivity contribution in [3.8, 4) is 0 Å². The van der Waals surface area contributed by atoms with Crippen LogP contribution in [0.4, 0.5) is 0 Å². The van der Waals surface area contributed by atoms with Crippen molar-refractivity contribution in [3.05, 3.63) is 0 Å². The SMILES string of the molecule is CC1CCC(CC2C(O)COC2C)O1. The van der Waals surface area contributed by atoms with Crippen molar-refractivity contribution in [2.75, 3.05) is 6.61 Å². The van der Waals surface area contributed by atoms with E-state index in [9.17, 15) is 5.11 Å². The highest BCUT2D eigenvalue weighted by Crippen LogP contribution is 2.31. The van der Waals surface area contributed by atoms with E-state index in [1.165, 1.54) is 0 Å². The van der Waals surface area contributed by atoms with Crippen molar-refractivity contribution >= 4 is 0 Å². The molecular weight excluding hydrogens is 180 g/mol. The Morgan fingerprint density at radius 3 is 2.57 bits per heavy atom. The van der Waals surface area contributed by atoms with E-state index in [1.54, 1.807) is 0 Å². The Morgan fingerprint density at radius 1 is 1.29 bits per heavy atom. The van der Waals surface area contributed by atoms with Gasteiger partial charge < -0.3 is 14.6 Å². The van der Waals surface area contributed by atoms with Gasteiger partial charge in [-0.05, 0) is 33.1 Å². The highest BCUT2D eigenvalue weighted by atomic mass is 16.5. The summed E-state index contributed by atoms with van der Waals surface area (Å²) >= 11 is 0. The molecule has 0 aliphatic carbocycles. The second-order valence-electron chi connectivity index (χ2n) is 4.65. The maximum atomic E-state index is 9.71. The zero-order valence-corrected chi connectivity index (χ0v) is 8.98. The van der Waals surface area contributed by atoms with Crippen molar-refractivity contribution in [1.29, 1.82) is 0 Å². The first-order valence-corrected chi connectivity index (χ1v) is 5.62. The van der Waals surface area contributed by atoms with Crippen LogP contribution in [0.1, 0.15) is 33.1 Å². The van der Waals surface area contributed by atoms with Crippen LogP contribution < -0.4 is 0 Å². The van der Waals surface area contributed by atoms with Crippen LogP contribution in [-0.2, 0) is 9.47 Å². The number of aliphatic hydroxyl groups excluding tert-OH is 1. The summed E-state index contributed by atoms with van der Waals surface area (Å²) in [5, 5.41) is 9.71. The second kappa shape index (κ2) is 4.17. The zero-order chi connectivity index (χ0) is 10.1. The van der Waals surface area contributed by atoms with Crippen LogP contribution in [0.25, 0.3) is 0 Å². The Morgan fingerprint density at radius 2 is 2.07 bits per heavy atom. The molecule has 0 aromatic rings. The van der Waals surface area contributed by atoms with Gasteiger partial charge in [0.25, 0.3) is 0 Å². The molecule has 3 heteroatoms. The van der Waals surface area contributed by atoms with Gasteiger partial charge in [0.15, 0.2) is 0 Å². The fraction of sp³-hybridized carbons (Fsp3) is 1.00. The molecule has 3 nitrogen and oxygen atoms in total. The van der Waals surface area contributed by atoms with Gasteiger partial charge in [-0.3, -0.25) is 0 Å². The molecule has 2 aliphatic rings. The molecule has 2 saturated heterocycles. The topological polar surface area (TPSA) is 38.7 Å². The van der Waals surface area contributed by atoms with E-state index in [4.69, 9.17) is 9.47 Å². The molecule has 0 bridgehead atoms. The van der Waals surface area contributed by atoms with Crippen LogP contribution in [0.3, 0.4) is 0 Å². The van der Waals surface area contributed by atoms with Gasteiger partial charge in [-0.1, -0.05) is 0 Å². The lowest BCUT2D eigenvalue weighted by Gasteiger charge is -2.20. The number of ether oxygens (including phenoxy) is 2. The highest BCUT2D eigenvalue weighted by Gasteiger charge is 2.36. The molecule has 82 valence electrons. The minimum Gasteiger partial charge on any atom is -0.390 e. The third-order valence-electron chi connectivity index (χ3n) is 3.48. The first-order chi connectivity index (χ1) is 6.66. The summed E-state index contributed by atoms with van der Waals surface area (Å²) in [4.78, 5) is 0. The molecule has 14 heavy (non-hydrogen) atoms. The van der Waals surface area contributed by atoms with Gasteiger partial charge in [-0.2, -0.15) is 0 Å². The first kappa shape index (κ1) is 10.4. The molecular formula is C11H20O3. The lowest BCUT2D eigenvalue weighted by molar-refractivity contribution is 0.0197. The Bertz CT molecular complexity index is 185. The molecule has 2 aliphatic heterocycles. The predicted molar refractivity (Wildman–Crippen MR) is 53.1 cm³/mol. The summed E-state index contributed by atoms with van der Waals surface area (Å²) in [5.74, 6) is 0.269. The normalized spacial score (nSPS) is 48.6. The number of hydrogen-bond donors (Lipinski definition) is 1. The van der Waals surface area contributed by atoms with E-state index < -0.39 is 0 Å². The molecule has 5 atom stereocenters. The quantitative estimate of drug-likeness (QED) is 0.731. The molecule has 0 saturated carbocycles. The molecule has 0 aromatic heterocycles. The monoisotopic (exact) mass is 200 g/mol. The van der Waals surface area contributed by atoms with Crippen LogP contribution in [0, 0.1) is 5.92 Å². The number of aliphatic hydroxyl groups is 1. The van der Waals surface area contributed by atoms with Crippen LogP contribution in [0.15, 0.2) is 0 Å². The minimum atomic E-state index is -0.287. The molecule has 2 fully saturated rings. The third-order valence-corrected chi connectivity index (χ3v) is 3.48.